The van der Waals surface area contributed by atoms with Crippen LogP contribution in [0, 0.1) is 11.2 Å². The van der Waals surface area contributed by atoms with E-state index in [-0.39, 0.29) is 21.5 Å². The Morgan fingerprint density at radius 1 is 1.19 bits per heavy atom. The normalized spacial score (nSPS) is 14.6. The molecule has 5 nitrogen and oxygen atoms in total. The summed E-state index contributed by atoms with van der Waals surface area (Å²) in [5, 5.41) is 4.55. The second-order valence-electron chi connectivity index (χ2n) is 7.65. The third kappa shape index (κ3) is 6.41. The first-order valence-corrected chi connectivity index (χ1v) is 11.0. The molecule has 0 spiro atoms. The van der Waals surface area contributed by atoms with Crippen LogP contribution in [0.3, 0.4) is 0 Å². The molecule has 2 unspecified atom stereocenters. The third-order valence-electron chi connectivity index (χ3n) is 3.89. The average molecular weight is 413 g/mol. The molecule has 1 aromatic heterocycles. The van der Waals surface area contributed by atoms with Gasteiger partial charge in [-0.25, -0.2) is 12.8 Å². The van der Waals surface area contributed by atoms with E-state index in [1.54, 1.807) is 23.6 Å². The molecule has 0 fully saturated rings. The molecule has 0 aliphatic heterocycles. The molecule has 2 atom stereocenters. The van der Waals surface area contributed by atoms with Gasteiger partial charge >= 0.3 is 0 Å². The molecule has 8 heteroatoms. The predicted octanol–water partition coefficient (Wildman–Crippen LogP) is 3.85. The minimum atomic E-state index is -3.74. The zero-order chi connectivity index (χ0) is 20.2. The Labute approximate surface area is 164 Å². The van der Waals surface area contributed by atoms with Crippen LogP contribution in [-0.4, -0.2) is 20.4 Å². The van der Waals surface area contributed by atoms with Crippen LogP contribution in [0.25, 0.3) is 0 Å². The van der Waals surface area contributed by atoms with Gasteiger partial charge in [0.1, 0.15) is 10.0 Å². The monoisotopic (exact) mass is 412 g/mol. The zero-order valence-corrected chi connectivity index (χ0v) is 17.5. The van der Waals surface area contributed by atoms with Crippen LogP contribution >= 0.6 is 11.3 Å². The van der Waals surface area contributed by atoms with Gasteiger partial charge in [0.25, 0.3) is 10.0 Å². The number of sulfonamides is 1. The van der Waals surface area contributed by atoms with E-state index < -0.39 is 22.0 Å². The number of hydrogen-bond donors (Lipinski definition) is 2. The molecule has 148 valence electrons. The van der Waals surface area contributed by atoms with Crippen LogP contribution in [-0.2, 0) is 14.8 Å². The molecule has 0 saturated carbocycles. The molecule has 0 aliphatic carbocycles. The van der Waals surface area contributed by atoms with Crippen LogP contribution in [0.2, 0.25) is 0 Å². The SMILES string of the molecule is CC(NS(=O)(=O)c1cccs1)C(=O)NC(CC(C)(C)C)c1ccc(F)cc1. The molecule has 0 radical (unpaired) electrons. The van der Waals surface area contributed by atoms with Crippen molar-refractivity contribution < 1.29 is 17.6 Å². The lowest BCUT2D eigenvalue weighted by Crippen LogP contribution is -2.46. The fourth-order valence-corrected chi connectivity index (χ4v) is 4.83. The first-order chi connectivity index (χ1) is 12.5. The number of nitrogens with one attached hydrogen (secondary N) is 2. The van der Waals surface area contributed by atoms with Crippen molar-refractivity contribution in [3.8, 4) is 0 Å². The van der Waals surface area contributed by atoms with Crippen molar-refractivity contribution in [1.29, 1.82) is 0 Å². The second-order valence-corrected chi connectivity index (χ2v) is 10.5. The second kappa shape index (κ2) is 8.50. The molecular formula is C19H25FN2O3S2. The summed E-state index contributed by atoms with van der Waals surface area (Å²) < 4.78 is 40.4. The Hall–Kier alpha value is -1.77. The van der Waals surface area contributed by atoms with Gasteiger partial charge in [0.2, 0.25) is 5.91 Å². The molecule has 1 aromatic carbocycles. The Kier molecular flexibility index (Phi) is 6.77. The summed E-state index contributed by atoms with van der Waals surface area (Å²) in [6.45, 7) is 7.62. The molecule has 2 N–H and O–H groups in total. The van der Waals surface area contributed by atoms with Gasteiger partial charge in [-0.1, -0.05) is 39.0 Å². The molecule has 27 heavy (non-hydrogen) atoms. The highest BCUT2D eigenvalue weighted by Gasteiger charge is 2.27. The summed E-state index contributed by atoms with van der Waals surface area (Å²) in [4.78, 5) is 12.6. The van der Waals surface area contributed by atoms with Gasteiger partial charge in [-0.2, -0.15) is 4.72 Å². The highest BCUT2D eigenvalue weighted by Crippen LogP contribution is 2.29. The summed E-state index contributed by atoms with van der Waals surface area (Å²) in [6.07, 6.45) is 0.620. The molecule has 0 bridgehead atoms. The summed E-state index contributed by atoms with van der Waals surface area (Å²) in [5.74, 6) is -0.787. The maximum Gasteiger partial charge on any atom is 0.250 e. The number of carbonyl (C=O) groups excluding carboxylic acids is 1. The van der Waals surface area contributed by atoms with Gasteiger partial charge in [-0.05, 0) is 47.9 Å². The van der Waals surface area contributed by atoms with Crippen molar-refractivity contribution in [2.75, 3.05) is 0 Å². The van der Waals surface area contributed by atoms with E-state index in [1.165, 1.54) is 25.1 Å². The van der Waals surface area contributed by atoms with Crippen molar-refractivity contribution >= 4 is 27.3 Å². The van der Waals surface area contributed by atoms with E-state index in [0.29, 0.717) is 6.42 Å². The maximum atomic E-state index is 13.2. The Balaban J connectivity index is 2.13. The molecule has 2 rings (SSSR count). The van der Waals surface area contributed by atoms with E-state index in [9.17, 15) is 17.6 Å². The smallest absolute Gasteiger partial charge is 0.250 e. The maximum absolute atomic E-state index is 13.2. The van der Waals surface area contributed by atoms with Crippen LogP contribution < -0.4 is 10.0 Å². The summed E-state index contributed by atoms with van der Waals surface area (Å²) in [6, 6.07) is 7.78. The largest absolute Gasteiger partial charge is 0.348 e. The Bertz CT molecular complexity index is 857. The highest BCUT2D eigenvalue weighted by molar-refractivity contribution is 7.91. The van der Waals surface area contributed by atoms with Gasteiger partial charge in [0.05, 0.1) is 12.1 Å². The van der Waals surface area contributed by atoms with Crippen LogP contribution in [0.1, 0.15) is 45.7 Å². The molecule has 1 heterocycles. The first-order valence-electron chi connectivity index (χ1n) is 8.60. The average Bonchev–Trinajstić information content (AvgIpc) is 3.08. The number of thiophene rings is 1. The fourth-order valence-electron chi connectivity index (χ4n) is 2.62. The lowest BCUT2D eigenvalue weighted by molar-refractivity contribution is -0.123. The van der Waals surface area contributed by atoms with Crippen LogP contribution in [0.5, 0.6) is 0 Å². The van der Waals surface area contributed by atoms with Gasteiger partial charge in [0.15, 0.2) is 0 Å². The number of carbonyl (C=O) groups is 1. The standard InChI is InChI=1S/C19H25FN2O3S2/c1-13(22-27(24,25)17-6-5-11-26-17)18(23)21-16(12-19(2,3)4)14-7-9-15(20)10-8-14/h5-11,13,16,22H,12H2,1-4H3,(H,21,23). The zero-order valence-electron chi connectivity index (χ0n) is 15.8. The van der Waals surface area contributed by atoms with Crippen molar-refractivity contribution in [2.24, 2.45) is 5.41 Å². The highest BCUT2D eigenvalue weighted by atomic mass is 32.2. The minimum absolute atomic E-state index is 0.0912. The predicted molar refractivity (Wildman–Crippen MR) is 105 cm³/mol. The van der Waals surface area contributed by atoms with Gasteiger partial charge < -0.3 is 5.32 Å². The van der Waals surface area contributed by atoms with Crippen molar-refractivity contribution in [3.63, 3.8) is 0 Å². The Morgan fingerprint density at radius 2 is 1.81 bits per heavy atom. The summed E-state index contributed by atoms with van der Waals surface area (Å²) in [5.41, 5.74) is 0.680. The first kappa shape index (κ1) is 21.5. The summed E-state index contributed by atoms with van der Waals surface area (Å²) in [7, 11) is -3.74. The topological polar surface area (TPSA) is 75.3 Å². The number of amides is 1. The van der Waals surface area contributed by atoms with E-state index >= 15 is 0 Å². The molecular weight excluding hydrogens is 387 g/mol. The van der Waals surface area contributed by atoms with E-state index in [1.807, 2.05) is 20.8 Å². The molecule has 1 amide bonds. The lowest BCUT2D eigenvalue weighted by Gasteiger charge is -2.28. The number of benzene rings is 1. The van der Waals surface area contributed by atoms with E-state index in [0.717, 1.165) is 16.9 Å². The number of hydrogen-bond acceptors (Lipinski definition) is 4. The van der Waals surface area contributed by atoms with Crippen molar-refractivity contribution in [1.82, 2.24) is 10.0 Å². The molecule has 0 saturated heterocycles. The van der Waals surface area contributed by atoms with Crippen molar-refractivity contribution in [2.45, 2.75) is 50.4 Å². The number of rotatable bonds is 7. The third-order valence-corrected chi connectivity index (χ3v) is 6.83. The van der Waals surface area contributed by atoms with Crippen LogP contribution in [0.4, 0.5) is 4.39 Å². The lowest BCUT2D eigenvalue weighted by atomic mass is 9.85. The minimum Gasteiger partial charge on any atom is -0.348 e. The summed E-state index contributed by atoms with van der Waals surface area (Å²) >= 11 is 1.09. The Morgan fingerprint density at radius 3 is 2.33 bits per heavy atom. The van der Waals surface area contributed by atoms with Gasteiger partial charge in [-0.15, -0.1) is 11.3 Å². The quantitative estimate of drug-likeness (QED) is 0.725. The molecule has 2 aromatic rings. The molecule has 0 aliphatic rings. The van der Waals surface area contributed by atoms with E-state index in [4.69, 9.17) is 0 Å². The van der Waals surface area contributed by atoms with Crippen molar-refractivity contribution in [3.05, 3.63) is 53.2 Å². The number of halogens is 1. The van der Waals surface area contributed by atoms with Gasteiger partial charge in [-0.3, -0.25) is 4.79 Å². The van der Waals surface area contributed by atoms with Gasteiger partial charge in [0, 0.05) is 0 Å². The van der Waals surface area contributed by atoms with Crippen LogP contribution in [0.15, 0.2) is 46.0 Å². The van der Waals surface area contributed by atoms with E-state index in [2.05, 4.69) is 10.0 Å². The fraction of sp³-hybridized carbons (Fsp3) is 0.421.